The van der Waals surface area contributed by atoms with Gasteiger partial charge in [0.05, 0.1) is 12.2 Å². The molecule has 1 fully saturated rings. The molecule has 1 aromatic carbocycles. The molecule has 0 N–H and O–H groups in total. The van der Waals surface area contributed by atoms with Crippen LogP contribution in [0, 0.1) is 11.8 Å². The summed E-state index contributed by atoms with van der Waals surface area (Å²) in [5.41, 5.74) is 0. The molecule has 1 heterocycles. The van der Waals surface area contributed by atoms with Gasteiger partial charge in [-0.05, 0) is 60.2 Å². The van der Waals surface area contributed by atoms with E-state index < -0.39 is 16.6 Å². The van der Waals surface area contributed by atoms with Crippen molar-refractivity contribution in [2.75, 3.05) is 0 Å². The first-order valence-electron chi connectivity index (χ1n) is 13.6. The Kier molecular flexibility index (Phi) is 9.03. The summed E-state index contributed by atoms with van der Waals surface area (Å²) in [6, 6.07) is 10.8. The molecule has 6 heteroatoms. The molecule has 1 unspecified atom stereocenters. The van der Waals surface area contributed by atoms with E-state index in [0.717, 1.165) is 0 Å². The van der Waals surface area contributed by atoms with Gasteiger partial charge >= 0.3 is 0 Å². The van der Waals surface area contributed by atoms with Crippen molar-refractivity contribution >= 4 is 43.8 Å². The molecular weight excluding hydrogens is 509 g/mol. The largest absolute Gasteiger partial charge is 0.413 e. The predicted octanol–water partition coefficient (Wildman–Crippen LogP) is 9.69. The third kappa shape index (κ3) is 6.82. The Bertz CT molecular complexity index is 1100. The second-order valence-corrected chi connectivity index (χ2v) is 24.3. The molecule has 1 aliphatic rings. The van der Waals surface area contributed by atoms with Crippen molar-refractivity contribution in [3.63, 3.8) is 0 Å². The number of Topliss-reactive ketones (excluding diaryl/α,β-unsaturated/α-hetero) is 1. The van der Waals surface area contributed by atoms with Gasteiger partial charge in [0.1, 0.15) is 5.78 Å². The Labute approximate surface area is 231 Å². The Morgan fingerprint density at radius 2 is 1.68 bits per heavy atom. The second-order valence-electron chi connectivity index (χ2n) is 13.7. The monoisotopic (exact) mass is 556 g/mol. The van der Waals surface area contributed by atoms with Gasteiger partial charge in [0.15, 0.2) is 16.6 Å². The minimum absolute atomic E-state index is 0.0273. The van der Waals surface area contributed by atoms with Gasteiger partial charge in [-0.1, -0.05) is 78.0 Å². The van der Waals surface area contributed by atoms with Crippen LogP contribution in [-0.2, 0) is 13.6 Å². The number of hydrogen-bond donors (Lipinski definition) is 0. The minimum Gasteiger partial charge on any atom is -0.413 e. The Morgan fingerprint density at radius 1 is 1.05 bits per heavy atom. The van der Waals surface area contributed by atoms with Gasteiger partial charge in [0.2, 0.25) is 0 Å². The molecule has 0 spiro atoms. The van der Waals surface area contributed by atoms with E-state index in [1.807, 2.05) is 6.08 Å². The molecule has 1 aromatic heterocycles. The predicted molar refractivity (Wildman–Crippen MR) is 165 cm³/mol. The number of carbonyl (C=O) groups excluding carboxylic acids is 1. The lowest BCUT2D eigenvalue weighted by molar-refractivity contribution is -0.121. The van der Waals surface area contributed by atoms with Gasteiger partial charge in [0, 0.05) is 27.8 Å². The van der Waals surface area contributed by atoms with E-state index in [-0.39, 0.29) is 34.1 Å². The molecule has 0 bridgehead atoms. The third-order valence-electron chi connectivity index (χ3n) is 8.84. The summed E-state index contributed by atoms with van der Waals surface area (Å²) in [5, 5.41) is 1.43. The molecule has 4 atom stereocenters. The van der Waals surface area contributed by atoms with Crippen molar-refractivity contribution in [2.45, 2.75) is 103 Å². The highest BCUT2D eigenvalue weighted by molar-refractivity contribution is 7.19. The summed E-state index contributed by atoms with van der Waals surface area (Å²) >= 11 is 1.80. The van der Waals surface area contributed by atoms with E-state index in [0.29, 0.717) is 18.6 Å². The standard InChI is InChI=1S/C31H48O3SSi2/c1-12-15-23-24(27(21-25(23)32)34-37(10,11)31(5,6)7)18-19-26(33-36(8,9)30(2,3)4)29-20-22-16-13-14-17-28(22)35-29/h12-14,16-20,23-24,26-27H,1,15,21H2,2-11H3/b19-18+/t23-,24-,26-,27?/m1/s1. The summed E-state index contributed by atoms with van der Waals surface area (Å²) in [5.74, 6) is 0.237. The van der Waals surface area contributed by atoms with Gasteiger partial charge in [-0.25, -0.2) is 0 Å². The number of rotatable bonds is 9. The minimum atomic E-state index is -2.05. The van der Waals surface area contributed by atoms with Gasteiger partial charge in [-0.3, -0.25) is 4.79 Å². The molecule has 1 saturated carbocycles. The molecule has 0 amide bonds. The quantitative estimate of drug-likeness (QED) is 0.228. The number of ketones is 1. The normalized spacial score (nSPS) is 22.8. The zero-order chi connectivity index (χ0) is 27.8. The van der Waals surface area contributed by atoms with Gasteiger partial charge in [-0.2, -0.15) is 0 Å². The molecule has 3 rings (SSSR count). The molecule has 0 saturated heterocycles. The number of fused-ring (bicyclic) bond motifs is 1. The van der Waals surface area contributed by atoms with Crippen LogP contribution in [0.5, 0.6) is 0 Å². The smallest absolute Gasteiger partial charge is 0.193 e. The first kappa shape index (κ1) is 30.2. The first-order valence-corrected chi connectivity index (χ1v) is 20.3. The van der Waals surface area contributed by atoms with Crippen LogP contribution in [0.3, 0.4) is 0 Å². The molecule has 37 heavy (non-hydrogen) atoms. The third-order valence-corrected chi connectivity index (χ3v) is 19.0. The van der Waals surface area contributed by atoms with Gasteiger partial charge < -0.3 is 8.85 Å². The topological polar surface area (TPSA) is 35.5 Å². The van der Waals surface area contributed by atoms with Gasteiger partial charge in [0.25, 0.3) is 0 Å². The van der Waals surface area contributed by atoms with Crippen LogP contribution in [0.1, 0.15) is 65.4 Å². The fourth-order valence-electron chi connectivity index (χ4n) is 4.42. The highest BCUT2D eigenvalue weighted by atomic mass is 32.1. The average Bonchev–Trinajstić information content (AvgIpc) is 3.31. The number of carbonyl (C=O) groups is 1. The zero-order valence-electron chi connectivity index (χ0n) is 24.7. The Balaban J connectivity index is 2.01. The van der Waals surface area contributed by atoms with Crippen molar-refractivity contribution in [3.8, 4) is 0 Å². The maximum Gasteiger partial charge on any atom is 0.193 e. The Hall–Kier alpha value is -1.32. The Morgan fingerprint density at radius 3 is 2.24 bits per heavy atom. The molecule has 3 nitrogen and oxygen atoms in total. The van der Waals surface area contributed by atoms with E-state index >= 15 is 0 Å². The van der Waals surface area contributed by atoms with Crippen LogP contribution < -0.4 is 0 Å². The summed E-state index contributed by atoms with van der Waals surface area (Å²) in [6.45, 7) is 26.7. The number of hydrogen-bond acceptors (Lipinski definition) is 4. The van der Waals surface area contributed by atoms with E-state index in [4.69, 9.17) is 8.85 Å². The number of thiophene rings is 1. The van der Waals surface area contributed by atoms with Crippen LogP contribution >= 0.6 is 11.3 Å². The lowest BCUT2D eigenvalue weighted by Crippen LogP contribution is -2.45. The average molecular weight is 557 g/mol. The molecular formula is C31H48O3SSi2. The first-order chi connectivity index (χ1) is 17.0. The summed E-state index contributed by atoms with van der Waals surface area (Å²) in [4.78, 5) is 14.4. The van der Waals surface area contributed by atoms with Crippen LogP contribution in [0.4, 0.5) is 0 Å². The maximum absolute atomic E-state index is 13.1. The molecule has 2 aromatic rings. The van der Waals surface area contributed by atoms with Crippen molar-refractivity contribution < 1.29 is 13.6 Å². The second kappa shape index (κ2) is 11.0. The van der Waals surface area contributed by atoms with Crippen molar-refractivity contribution in [1.82, 2.24) is 0 Å². The molecule has 0 aliphatic heterocycles. The van der Waals surface area contributed by atoms with E-state index in [1.54, 1.807) is 11.3 Å². The van der Waals surface area contributed by atoms with Crippen molar-refractivity contribution in [2.24, 2.45) is 11.8 Å². The SMILES string of the molecule is C=CC[C@H]1C(=O)CC(O[Si](C)(C)C(C)(C)C)[C@@H]1/C=C/[C@@H](O[Si](C)(C)C(C)(C)C)c1cc2ccccc2s1. The lowest BCUT2D eigenvalue weighted by Gasteiger charge is -2.40. The van der Waals surface area contributed by atoms with E-state index in [2.05, 4.69) is 117 Å². The van der Waals surface area contributed by atoms with Crippen LogP contribution in [-0.4, -0.2) is 28.5 Å². The zero-order valence-corrected chi connectivity index (χ0v) is 27.5. The van der Waals surface area contributed by atoms with Crippen LogP contribution in [0.2, 0.25) is 36.3 Å². The van der Waals surface area contributed by atoms with E-state index in [9.17, 15) is 4.79 Å². The molecule has 204 valence electrons. The fraction of sp³-hybridized carbons (Fsp3) is 0.581. The summed E-state index contributed by atoms with van der Waals surface area (Å²) < 4.78 is 15.2. The van der Waals surface area contributed by atoms with Crippen molar-refractivity contribution in [3.05, 3.63) is 60.0 Å². The van der Waals surface area contributed by atoms with E-state index in [1.165, 1.54) is 15.0 Å². The highest BCUT2D eigenvalue weighted by Gasteiger charge is 2.47. The summed E-state index contributed by atoms with van der Waals surface area (Å²) in [7, 11) is -4.09. The number of allylic oxidation sites excluding steroid dienone is 1. The highest BCUT2D eigenvalue weighted by Crippen LogP contribution is 2.45. The lowest BCUT2D eigenvalue weighted by atomic mass is 9.90. The molecule has 0 radical (unpaired) electrons. The van der Waals surface area contributed by atoms with Crippen LogP contribution in [0.15, 0.2) is 55.1 Å². The fourth-order valence-corrected chi connectivity index (χ4v) is 8.12. The van der Waals surface area contributed by atoms with Crippen LogP contribution in [0.25, 0.3) is 10.1 Å². The summed E-state index contributed by atoms with van der Waals surface area (Å²) in [6.07, 6.45) is 7.29. The maximum atomic E-state index is 13.1. The number of benzene rings is 1. The van der Waals surface area contributed by atoms with Gasteiger partial charge in [-0.15, -0.1) is 17.9 Å². The molecule has 1 aliphatic carbocycles. The van der Waals surface area contributed by atoms with Crippen molar-refractivity contribution in [1.29, 1.82) is 0 Å².